The topological polar surface area (TPSA) is 86.8 Å². The van der Waals surface area contributed by atoms with Crippen molar-refractivity contribution in [1.29, 1.82) is 0 Å². The number of aryl methyl sites for hydroxylation is 1. The third-order valence-electron chi connectivity index (χ3n) is 7.15. The molecule has 1 atom stereocenters. The van der Waals surface area contributed by atoms with Crippen LogP contribution in [0.4, 0.5) is 5.69 Å². The Morgan fingerprint density at radius 2 is 1.51 bits per heavy atom. The van der Waals surface area contributed by atoms with Crippen LogP contribution in [0.15, 0.2) is 83.8 Å². The summed E-state index contributed by atoms with van der Waals surface area (Å²) in [4.78, 5) is 29.0. The van der Waals surface area contributed by atoms with Crippen LogP contribution in [0.2, 0.25) is 0 Å². The number of rotatable bonds is 14. The number of carbonyl (C=O) groups is 2. The van der Waals surface area contributed by atoms with E-state index in [1.807, 2.05) is 63.2 Å². The molecule has 7 nitrogen and oxygen atoms in total. The van der Waals surface area contributed by atoms with Crippen LogP contribution in [0, 0.1) is 6.92 Å². The fourth-order valence-corrected chi connectivity index (χ4v) is 6.01. The van der Waals surface area contributed by atoms with Crippen LogP contribution in [-0.4, -0.2) is 44.3 Å². The molecule has 0 bridgehead atoms. The standard InChI is InChI=1S/C33H43N3O4S/c1-6-8-22-34-33(38)31(7-2)35(23-27-12-10-9-11-13-27)32(37)24-36(29-18-16-28(17-19-29)25(3)4)41(39,40)30-20-14-26(5)15-21-30/h9-21,25,31H,6-8,22-24H2,1-5H3,(H,34,38). The second-order valence-corrected chi connectivity index (χ2v) is 12.5. The molecular weight excluding hydrogens is 534 g/mol. The van der Waals surface area contributed by atoms with Crippen molar-refractivity contribution in [2.24, 2.45) is 0 Å². The Morgan fingerprint density at radius 3 is 2.07 bits per heavy atom. The fourth-order valence-electron chi connectivity index (χ4n) is 4.60. The van der Waals surface area contributed by atoms with Crippen LogP contribution < -0.4 is 9.62 Å². The number of carbonyl (C=O) groups excluding carboxylic acids is 2. The third-order valence-corrected chi connectivity index (χ3v) is 8.93. The van der Waals surface area contributed by atoms with Gasteiger partial charge in [-0.25, -0.2) is 8.42 Å². The van der Waals surface area contributed by atoms with Crippen LogP contribution in [0.25, 0.3) is 0 Å². The van der Waals surface area contributed by atoms with Crippen molar-refractivity contribution in [3.8, 4) is 0 Å². The van der Waals surface area contributed by atoms with Gasteiger partial charge in [-0.3, -0.25) is 13.9 Å². The summed E-state index contributed by atoms with van der Waals surface area (Å²) >= 11 is 0. The van der Waals surface area contributed by atoms with E-state index in [-0.39, 0.29) is 23.3 Å². The average Bonchev–Trinajstić information content (AvgIpc) is 2.96. The first-order valence-corrected chi connectivity index (χ1v) is 15.8. The van der Waals surface area contributed by atoms with Gasteiger partial charge in [0.05, 0.1) is 10.6 Å². The Labute approximate surface area is 245 Å². The minimum atomic E-state index is -4.09. The van der Waals surface area contributed by atoms with Crippen molar-refractivity contribution in [2.75, 3.05) is 17.4 Å². The third kappa shape index (κ3) is 8.43. The quantitative estimate of drug-likeness (QED) is 0.237. The number of anilines is 1. The van der Waals surface area contributed by atoms with Crippen molar-refractivity contribution in [3.05, 3.63) is 95.6 Å². The zero-order valence-corrected chi connectivity index (χ0v) is 25.7. The molecule has 1 N–H and O–H groups in total. The van der Waals surface area contributed by atoms with Gasteiger partial charge in [-0.15, -0.1) is 0 Å². The van der Waals surface area contributed by atoms with E-state index in [0.29, 0.717) is 18.7 Å². The first kappa shape index (κ1) is 31.9. The van der Waals surface area contributed by atoms with Gasteiger partial charge in [-0.2, -0.15) is 0 Å². The van der Waals surface area contributed by atoms with Gasteiger partial charge in [0.25, 0.3) is 10.0 Å². The predicted molar refractivity (Wildman–Crippen MR) is 165 cm³/mol. The lowest BCUT2D eigenvalue weighted by Crippen LogP contribution is -2.52. The molecular formula is C33H43N3O4S. The first-order chi connectivity index (χ1) is 19.6. The van der Waals surface area contributed by atoms with Crippen LogP contribution in [-0.2, 0) is 26.2 Å². The summed E-state index contributed by atoms with van der Waals surface area (Å²) in [5.74, 6) is -0.417. The summed E-state index contributed by atoms with van der Waals surface area (Å²) in [7, 11) is -4.09. The maximum atomic E-state index is 14.1. The molecule has 3 aromatic carbocycles. The van der Waals surface area contributed by atoms with Crippen LogP contribution in [0.3, 0.4) is 0 Å². The van der Waals surface area contributed by atoms with Crippen LogP contribution in [0.5, 0.6) is 0 Å². The molecule has 0 aliphatic carbocycles. The molecule has 41 heavy (non-hydrogen) atoms. The smallest absolute Gasteiger partial charge is 0.264 e. The molecule has 0 saturated heterocycles. The van der Waals surface area contributed by atoms with Gasteiger partial charge in [-0.05, 0) is 61.1 Å². The first-order valence-electron chi connectivity index (χ1n) is 14.4. The molecule has 0 aromatic heterocycles. The lowest BCUT2D eigenvalue weighted by atomic mass is 10.0. The van der Waals surface area contributed by atoms with E-state index in [2.05, 4.69) is 19.2 Å². The molecule has 8 heteroatoms. The Bertz CT molecular complexity index is 1370. The molecule has 0 fully saturated rings. The maximum Gasteiger partial charge on any atom is 0.264 e. The molecule has 3 aromatic rings. The molecule has 0 saturated carbocycles. The van der Waals surface area contributed by atoms with Crippen molar-refractivity contribution in [1.82, 2.24) is 10.2 Å². The van der Waals surface area contributed by atoms with Gasteiger partial charge in [0.1, 0.15) is 12.6 Å². The van der Waals surface area contributed by atoms with E-state index in [1.165, 1.54) is 4.90 Å². The highest BCUT2D eigenvalue weighted by Gasteiger charge is 2.33. The summed E-state index contributed by atoms with van der Waals surface area (Å²) in [5.41, 5.74) is 3.24. The Hall–Kier alpha value is -3.65. The monoisotopic (exact) mass is 577 g/mol. The number of hydrogen-bond donors (Lipinski definition) is 1. The van der Waals surface area contributed by atoms with Gasteiger partial charge in [0.15, 0.2) is 0 Å². The second-order valence-electron chi connectivity index (χ2n) is 10.6. The highest BCUT2D eigenvalue weighted by molar-refractivity contribution is 7.92. The Balaban J connectivity index is 2.03. The summed E-state index contributed by atoms with van der Waals surface area (Å²) in [6, 6.07) is 22.6. The molecule has 0 heterocycles. The molecule has 1 unspecified atom stereocenters. The normalized spacial score (nSPS) is 12.1. The second kappa shape index (κ2) is 14.8. The molecule has 0 aliphatic heterocycles. The van der Waals surface area contributed by atoms with Crippen LogP contribution in [0.1, 0.15) is 69.6 Å². The van der Waals surface area contributed by atoms with E-state index in [1.54, 1.807) is 36.4 Å². The molecule has 3 rings (SSSR count). The average molecular weight is 578 g/mol. The van der Waals surface area contributed by atoms with Crippen molar-refractivity contribution >= 4 is 27.5 Å². The number of nitrogens with zero attached hydrogens (tertiary/aromatic N) is 2. The minimum Gasteiger partial charge on any atom is -0.354 e. The van der Waals surface area contributed by atoms with E-state index in [9.17, 15) is 18.0 Å². The van der Waals surface area contributed by atoms with Gasteiger partial charge < -0.3 is 10.2 Å². The van der Waals surface area contributed by atoms with Gasteiger partial charge >= 0.3 is 0 Å². The van der Waals surface area contributed by atoms with Crippen molar-refractivity contribution < 1.29 is 18.0 Å². The zero-order valence-electron chi connectivity index (χ0n) is 24.8. The Morgan fingerprint density at radius 1 is 0.878 bits per heavy atom. The number of nitrogens with one attached hydrogen (secondary N) is 1. The predicted octanol–water partition coefficient (Wildman–Crippen LogP) is 6.04. The van der Waals surface area contributed by atoms with E-state index in [0.717, 1.165) is 33.8 Å². The number of sulfonamides is 1. The SMILES string of the molecule is CCCCNC(=O)C(CC)N(Cc1ccccc1)C(=O)CN(c1ccc(C(C)C)cc1)S(=O)(=O)c1ccc(C)cc1. The molecule has 0 radical (unpaired) electrons. The molecule has 220 valence electrons. The highest BCUT2D eigenvalue weighted by Crippen LogP contribution is 2.27. The Kier molecular flexibility index (Phi) is 11.5. The lowest BCUT2D eigenvalue weighted by Gasteiger charge is -2.33. The van der Waals surface area contributed by atoms with E-state index in [4.69, 9.17) is 0 Å². The largest absolute Gasteiger partial charge is 0.354 e. The van der Waals surface area contributed by atoms with Crippen LogP contribution >= 0.6 is 0 Å². The number of hydrogen-bond acceptors (Lipinski definition) is 4. The van der Waals surface area contributed by atoms with E-state index < -0.39 is 28.5 Å². The molecule has 2 amide bonds. The highest BCUT2D eigenvalue weighted by atomic mass is 32.2. The van der Waals surface area contributed by atoms with Crippen molar-refractivity contribution in [3.63, 3.8) is 0 Å². The molecule has 0 spiro atoms. The lowest BCUT2D eigenvalue weighted by molar-refractivity contribution is -0.140. The maximum absolute atomic E-state index is 14.1. The number of amides is 2. The number of benzene rings is 3. The van der Waals surface area contributed by atoms with E-state index >= 15 is 0 Å². The van der Waals surface area contributed by atoms with Gasteiger partial charge in [-0.1, -0.05) is 94.3 Å². The summed E-state index contributed by atoms with van der Waals surface area (Å²) in [6.45, 7) is 10.2. The summed E-state index contributed by atoms with van der Waals surface area (Å²) in [6.07, 6.45) is 2.17. The molecule has 0 aliphatic rings. The minimum absolute atomic E-state index is 0.0998. The number of unbranched alkanes of at least 4 members (excludes halogenated alkanes) is 1. The van der Waals surface area contributed by atoms with Crippen molar-refractivity contribution in [2.45, 2.75) is 77.3 Å². The van der Waals surface area contributed by atoms with Gasteiger partial charge in [0.2, 0.25) is 11.8 Å². The summed E-state index contributed by atoms with van der Waals surface area (Å²) < 4.78 is 29.2. The fraction of sp³-hybridized carbons (Fsp3) is 0.394. The zero-order chi connectivity index (χ0) is 30.0. The van der Waals surface area contributed by atoms with Gasteiger partial charge in [0, 0.05) is 13.1 Å². The summed E-state index contributed by atoms with van der Waals surface area (Å²) in [5, 5.41) is 2.95.